The maximum absolute atomic E-state index is 12.9. The van der Waals surface area contributed by atoms with Gasteiger partial charge in [-0.3, -0.25) is 9.50 Å². The van der Waals surface area contributed by atoms with Crippen LogP contribution in [0.1, 0.15) is 71.3 Å². The van der Waals surface area contributed by atoms with Crippen LogP contribution in [0.5, 0.6) is 0 Å². The summed E-state index contributed by atoms with van der Waals surface area (Å²) in [4.78, 5) is 12.0. The number of carbonyl (C=O) groups excluding carboxylic acids is 1. The van der Waals surface area contributed by atoms with Crippen molar-refractivity contribution in [2.45, 2.75) is 89.2 Å². The number of ether oxygens (including phenoxy) is 1. The quantitative estimate of drug-likeness (QED) is 0.564. The fourth-order valence-electron chi connectivity index (χ4n) is 3.68. The fraction of sp³-hybridized carbons (Fsp3) is 0.682. The Bertz CT molecular complexity index is 809. The van der Waals surface area contributed by atoms with E-state index in [0.717, 1.165) is 25.7 Å². The lowest BCUT2D eigenvalue weighted by molar-refractivity contribution is 0.0635. The highest BCUT2D eigenvalue weighted by Gasteiger charge is 2.26. The maximum Gasteiger partial charge on any atom is 0.412 e. The first-order valence-electron chi connectivity index (χ1n) is 10.6. The van der Waals surface area contributed by atoms with E-state index in [1.54, 1.807) is 33.8 Å². The predicted octanol–water partition coefficient (Wildman–Crippen LogP) is 4.77. The molecule has 0 heterocycles. The number of benzene rings is 1. The van der Waals surface area contributed by atoms with Gasteiger partial charge in [0.2, 0.25) is 0 Å². The van der Waals surface area contributed by atoms with Crippen molar-refractivity contribution in [1.82, 2.24) is 0 Å². The largest absolute Gasteiger partial charge is 0.444 e. The molecule has 0 spiro atoms. The Morgan fingerprint density at radius 3 is 2.50 bits per heavy atom. The summed E-state index contributed by atoms with van der Waals surface area (Å²) in [5, 5.41) is 12.0. The lowest BCUT2D eigenvalue weighted by Crippen LogP contribution is -2.27. The van der Waals surface area contributed by atoms with Crippen molar-refractivity contribution < 1.29 is 27.2 Å². The van der Waals surface area contributed by atoms with E-state index in [0.29, 0.717) is 23.6 Å². The van der Waals surface area contributed by atoms with E-state index in [-0.39, 0.29) is 17.9 Å². The topological polar surface area (TPSA) is 102 Å². The lowest BCUT2D eigenvalue weighted by atomic mass is 9.85. The van der Waals surface area contributed by atoms with Crippen LogP contribution >= 0.6 is 0 Å². The maximum atomic E-state index is 12.9. The van der Waals surface area contributed by atoms with E-state index in [4.69, 9.17) is 8.92 Å². The van der Waals surface area contributed by atoms with Crippen LogP contribution in [0.25, 0.3) is 0 Å². The molecule has 0 unspecified atom stereocenters. The minimum absolute atomic E-state index is 0.0363. The Kier molecular flexibility index (Phi) is 8.70. The third-order valence-corrected chi connectivity index (χ3v) is 6.52. The van der Waals surface area contributed by atoms with Gasteiger partial charge < -0.3 is 9.84 Å². The van der Waals surface area contributed by atoms with Crippen molar-refractivity contribution in [2.24, 2.45) is 5.92 Å². The predicted molar refractivity (Wildman–Crippen MR) is 116 cm³/mol. The summed E-state index contributed by atoms with van der Waals surface area (Å²) < 4.78 is 36.5. The number of hydrogen-bond donors (Lipinski definition) is 2. The van der Waals surface area contributed by atoms with E-state index in [1.807, 2.05) is 0 Å². The normalized spacial score (nSPS) is 16.8. The number of anilines is 1. The molecule has 0 radical (unpaired) electrons. The third-order valence-electron chi connectivity index (χ3n) is 5.17. The van der Waals surface area contributed by atoms with Crippen LogP contribution in [0, 0.1) is 12.8 Å². The Balaban J connectivity index is 2.13. The van der Waals surface area contributed by atoms with Gasteiger partial charge in [0.25, 0.3) is 10.1 Å². The second-order valence-corrected chi connectivity index (χ2v) is 10.6. The van der Waals surface area contributed by atoms with Gasteiger partial charge in [-0.2, -0.15) is 8.42 Å². The van der Waals surface area contributed by atoms with Gasteiger partial charge in [0.05, 0.1) is 11.0 Å². The third kappa shape index (κ3) is 7.89. The lowest BCUT2D eigenvalue weighted by Gasteiger charge is -2.26. The number of aliphatic hydroxyl groups excluding tert-OH is 1. The first-order valence-corrected chi connectivity index (χ1v) is 12.1. The molecule has 0 aromatic heterocycles. The smallest absolute Gasteiger partial charge is 0.412 e. The van der Waals surface area contributed by atoms with Crippen LogP contribution in [0.3, 0.4) is 0 Å². The van der Waals surface area contributed by atoms with Crippen LogP contribution in [-0.4, -0.2) is 37.9 Å². The highest BCUT2D eigenvalue weighted by Crippen LogP contribution is 2.30. The number of aliphatic hydroxyl groups is 1. The van der Waals surface area contributed by atoms with Gasteiger partial charge >= 0.3 is 6.09 Å². The van der Waals surface area contributed by atoms with Crippen LogP contribution in [-0.2, 0) is 19.0 Å². The van der Waals surface area contributed by atoms with Crippen LogP contribution < -0.4 is 5.32 Å². The van der Waals surface area contributed by atoms with Gasteiger partial charge in [-0.1, -0.05) is 38.2 Å². The monoisotopic (exact) mass is 441 g/mol. The van der Waals surface area contributed by atoms with E-state index in [1.165, 1.54) is 18.6 Å². The van der Waals surface area contributed by atoms with Crippen LogP contribution in [0.2, 0.25) is 0 Å². The minimum Gasteiger partial charge on any atom is -0.444 e. The average molecular weight is 442 g/mol. The standard InChI is InChI=1S/C22H35NO6S/c1-16-10-11-19(15-20(16)23-21(25)28-22(2,3)4)30(26,27)29-18(12-13-24)14-17-8-6-5-7-9-17/h10-11,15,17-18,24H,5-9,12-14H2,1-4H3,(H,23,25)/t18-/m1/s1. The Labute approximate surface area is 180 Å². The second kappa shape index (κ2) is 10.6. The summed E-state index contributed by atoms with van der Waals surface area (Å²) in [6.07, 6.45) is 5.33. The second-order valence-electron chi connectivity index (χ2n) is 9.03. The van der Waals surface area contributed by atoms with Crippen LogP contribution in [0.4, 0.5) is 10.5 Å². The van der Waals surface area contributed by atoms with Crippen molar-refractivity contribution in [3.63, 3.8) is 0 Å². The molecule has 7 nitrogen and oxygen atoms in total. The Morgan fingerprint density at radius 1 is 1.23 bits per heavy atom. The molecule has 8 heteroatoms. The van der Waals surface area contributed by atoms with Crippen molar-refractivity contribution in [1.29, 1.82) is 0 Å². The van der Waals surface area contributed by atoms with Crippen molar-refractivity contribution in [3.8, 4) is 0 Å². The molecule has 1 saturated carbocycles. The molecule has 0 saturated heterocycles. The molecule has 170 valence electrons. The zero-order valence-corrected chi connectivity index (χ0v) is 19.3. The molecule has 1 aromatic carbocycles. The number of hydrogen-bond acceptors (Lipinski definition) is 6. The van der Waals surface area contributed by atoms with Gasteiger partial charge in [-0.15, -0.1) is 0 Å². The van der Waals surface area contributed by atoms with Gasteiger partial charge in [-0.25, -0.2) is 4.79 Å². The summed E-state index contributed by atoms with van der Waals surface area (Å²) in [7, 11) is -4.05. The van der Waals surface area contributed by atoms with Gasteiger partial charge in [0.15, 0.2) is 0 Å². The minimum atomic E-state index is -4.05. The molecule has 1 aliphatic carbocycles. The SMILES string of the molecule is Cc1ccc(S(=O)(=O)O[C@H](CCO)CC2CCCCC2)cc1NC(=O)OC(C)(C)C. The first-order chi connectivity index (χ1) is 14.0. The van der Waals surface area contributed by atoms with Crippen molar-refractivity contribution in [3.05, 3.63) is 23.8 Å². The molecule has 0 aliphatic heterocycles. The molecule has 1 fully saturated rings. The summed E-state index contributed by atoms with van der Waals surface area (Å²) in [5.41, 5.74) is 0.385. The Hall–Kier alpha value is -1.64. The van der Waals surface area contributed by atoms with Crippen molar-refractivity contribution >= 4 is 21.9 Å². The summed E-state index contributed by atoms with van der Waals surface area (Å²) in [5.74, 6) is 0.424. The van der Waals surface area contributed by atoms with Crippen molar-refractivity contribution in [2.75, 3.05) is 11.9 Å². The van der Waals surface area contributed by atoms with Gasteiger partial charge in [-0.05, 0) is 64.2 Å². The number of amides is 1. The average Bonchev–Trinajstić information content (AvgIpc) is 2.62. The molecule has 1 atom stereocenters. The number of rotatable bonds is 8. The number of nitrogens with one attached hydrogen (secondary N) is 1. The summed E-state index contributed by atoms with van der Waals surface area (Å²) in [6.45, 7) is 6.89. The molecular formula is C22H35NO6S. The molecule has 1 aliphatic rings. The highest BCUT2D eigenvalue weighted by atomic mass is 32.2. The van der Waals surface area contributed by atoms with Gasteiger partial charge in [0.1, 0.15) is 5.60 Å². The molecule has 30 heavy (non-hydrogen) atoms. The molecular weight excluding hydrogens is 406 g/mol. The summed E-state index contributed by atoms with van der Waals surface area (Å²) >= 11 is 0. The summed E-state index contributed by atoms with van der Waals surface area (Å²) in [6, 6.07) is 4.46. The van der Waals surface area contributed by atoms with Gasteiger partial charge in [0, 0.05) is 12.3 Å². The molecule has 2 rings (SSSR count). The van der Waals surface area contributed by atoms with E-state index in [9.17, 15) is 18.3 Å². The zero-order chi connectivity index (χ0) is 22.4. The molecule has 1 aromatic rings. The molecule has 0 bridgehead atoms. The van der Waals surface area contributed by atoms with Crippen LogP contribution in [0.15, 0.2) is 23.1 Å². The van der Waals surface area contributed by atoms with E-state index in [2.05, 4.69) is 5.32 Å². The highest BCUT2D eigenvalue weighted by molar-refractivity contribution is 7.86. The molecule has 2 N–H and O–H groups in total. The van der Waals surface area contributed by atoms with E-state index >= 15 is 0 Å². The Morgan fingerprint density at radius 2 is 1.90 bits per heavy atom. The zero-order valence-electron chi connectivity index (χ0n) is 18.4. The van der Waals surface area contributed by atoms with E-state index < -0.39 is 27.9 Å². The first kappa shape index (κ1) is 24.6. The number of carbonyl (C=O) groups is 1. The molecule has 1 amide bonds. The number of aryl methyl sites for hydroxylation is 1. The fourth-order valence-corrected chi connectivity index (χ4v) is 4.82.